The van der Waals surface area contributed by atoms with Crippen molar-refractivity contribution in [2.45, 2.75) is 33.1 Å². The van der Waals surface area contributed by atoms with Gasteiger partial charge in [0.05, 0.1) is 6.61 Å². The van der Waals surface area contributed by atoms with Gasteiger partial charge < -0.3 is 10.5 Å². The van der Waals surface area contributed by atoms with Gasteiger partial charge in [0.1, 0.15) is 0 Å². The van der Waals surface area contributed by atoms with Crippen LogP contribution in [0.2, 0.25) is 0 Å². The molecule has 1 aromatic rings. The molecule has 0 fully saturated rings. The summed E-state index contributed by atoms with van der Waals surface area (Å²) in [7, 11) is 0. The molecule has 0 saturated heterocycles. The molecule has 0 unspecified atom stereocenters. The molecule has 0 aromatic heterocycles. The summed E-state index contributed by atoms with van der Waals surface area (Å²) in [6, 6.07) is 3.68. The second kappa shape index (κ2) is 6.48. The van der Waals surface area contributed by atoms with Crippen molar-refractivity contribution in [3.63, 3.8) is 0 Å². The van der Waals surface area contributed by atoms with Gasteiger partial charge in [0.2, 0.25) is 0 Å². The van der Waals surface area contributed by atoms with E-state index in [2.05, 4.69) is 0 Å². The quantitative estimate of drug-likeness (QED) is 0.755. The Morgan fingerprint density at radius 3 is 2.69 bits per heavy atom. The SMILES string of the molecule is CCOc1cc(CCCCN)cc(C)c1F. The van der Waals surface area contributed by atoms with Crippen LogP contribution in [0.15, 0.2) is 12.1 Å². The van der Waals surface area contributed by atoms with E-state index in [4.69, 9.17) is 10.5 Å². The molecule has 16 heavy (non-hydrogen) atoms. The summed E-state index contributed by atoms with van der Waals surface area (Å²) in [5.41, 5.74) is 7.21. The molecule has 0 spiro atoms. The van der Waals surface area contributed by atoms with E-state index < -0.39 is 0 Å². The highest BCUT2D eigenvalue weighted by Crippen LogP contribution is 2.23. The van der Waals surface area contributed by atoms with Gasteiger partial charge in [-0.1, -0.05) is 6.07 Å². The number of unbranched alkanes of at least 4 members (excludes halogenated alkanes) is 1. The third-order valence-corrected chi connectivity index (χ3v) is 2.50. The molecule has 0 aliphatic carbocycles. The molecule has 0 saturated carbocycles. The summed E-state index contributed by atoms with van der Waals surface area (Å²) in [5.74, 6) is 0.120. The van der Waals surface area contributed by atoms with Crippen LogP contribution in [-0.2, 0) is 6.42 Å². The molecule has 2 nitrogen and oxygen atoms in total. The molecule has 0 bridgehead atoms. The summed E-state index contributed by atoms with van der Waals surface area (Å²) in [4.78, 5) is 0. The first-order valence-electron chi connectivity index (χ1n) is 5.81. The zero-order valence-corrected chi connectivity index (χ0v) is 10.1. The maximum absolute atomic E-state index is 13.6. The average molecular weight is 225 g/mol. The Bertz CT molecular complexity index is 339. The Hall–Kier alpha value is -1.09. The van der Waals surface area contributed by atoms with Crippen LogP contribution in [0.1, 0.15) is 30.9 Å². The highest BCUT2D eigenvalue weighted by molar-refractivity contribution is 5.35. The van der Waals surface area contributed by atoms with Crippen molar-refractivity contribution >= 4 is 0 Å². The first-order valence-corrected chi connectivity index (χ1v) is 5.81. The highest BCUT2D eigenvalue weighted by atomic mass is 19.1. The van der Waals surface area contributed by atoms with Crippen molar-refractivity contribution in [2.75, 3.05) is 13.2 Å². The predicted molar refractivity (Wildman–Crippen MR) is 64.3 cm³/mol. The monoisotopic (exact) mass is 225 g/mol. The molecule has 90 valence electrons. The van der Waals surface area contributed by atoms with Crippen molar-refractivity contribution in [1.29, 1.82) is 0 Å². The fraction of sp³-hybridized carbons (Fsp3) is 0.538. The molecular formula is C13H20FNO. The van der Waals surface area contributed by atoms with E-state index in [9.17, 15) is 4.39 Å². The Labute approximate surface area is 96.6 Å². The molecule has 1 aromatic carbocycles. The summed E-state index contributed by atoms with van der Waals surface area (Å²) >= 11 is 0. The minimum absolute atomic E-state index is 0.246. The highest BCUT2D eigenvalue weighted by Gasteiger charge is 2.08. The number of hydrogen-bond donors (Lipinski definition) is 1. The zero-order chi connectivity index (χ0) is 12.0. The Morgan fingerprint density at radius 2 is 2.06 bits per heavy atom. The fourth-order valence-electron chi connectivity index (χ4n) is 1.69. The molecule has 0 radical (unpaired) electrons. The lowest BCUT2D eigenvalue weighted by Crippen LogP contribution is -2.01. The van der Waals surface area contributed by atoms with Gasteiger partial charge in [-0.3, -0.25) is 0 Å². The number of rotatable bonds is 6. The number of hydrogen-bond acceptors (Lipinski definition) is 2. The van der Waals surface area contributed by atoms with Crippen molar-refractivity contribution in [3.05, 3.63) is 29.1 Å². The number of aryl methyl sites for hydroxylation is 2. The van der Waals surface area contributed by atoms with Gasteiger partial charge in [0, 0.05) is 0 Å². The third kappa shape index (κ3) is 3.49. The summed E-state index contributed by atoms with van der Waals surface area (Å²) < 4.78 is 18.9. The molecule has 3 heteroatoms. The van der Waals surface area contributed by atoms with Crippen LogP contribution in [0, 0.1) is 12.7 Å². The Kier molecular flexibility index (Phi) is 5.26. The van der Waals surface area contributed by atoms with Crippen LogP contribution >= 0.6 is 0 Å². The van der Waals surface area contributed by atoms with Crippen molar-refractivity contribution in [1.82, 2.24) is 0 Å². The van der Waals surface area contributed by atoms with Crippen LogP contribution in [0.3, 0.4) is 0 Å². The fourth-order valence-corrected chi connectivity index (χ4v) is 1.69. The van der Waals surface area contributed by atoms with Crippen LogP contribution in [0.4, 0.5) is 4.39 Å². The molecule has 2 N–H and O–H groups in total. The lowest BCUT2D eigenvalue weighted by Gasteiger charge is -2.10. The van der Waals surface area contributed by atoms with Crippen molar-refractivity contribution in [2.24, 2.45) is 5.73 Å². The summed E-state index contributed by atoms with van der Waals surface area (Å²) in [5, 5.41) is 0. The van der Waals surface area contributed by atoms with E-state index >= 15 is 0 Å². The van der Waals surface area contributed by atoms with E-state index in [0.29, 0.717) is 24.5 Å². The van der Waals surface area contributed by atoms with Crippen LogP contribution in [-0.4, -0.2) is 13.2 Å². The largest absolute Gasteiger partial charge is 0.491 e. The van der Waals surface area contributed by atoms with Crippen molar-refractivity contribution in [3.8, 4) is 5.75 Å². The van der Waals surface area contributed by atoms with Gasteiger partial charge in [-0.25, -0.2) is 4.39 Å². The molecule has 0 atom stereocenters. The molecule has 0 amide bonds. The number of benzene rings is 1. The standard InChI is InChI=1S/C13H20FNO/c1-3-16-12-9-11(6-4-5-7-15)8-10(2)13(12)14/h8-9H,3-7,15H2,1-2H3. The van der Waals surface area contributed by atoms with Crippen LogP contribution in [0.25, 0.3) is 0 Å². The third-order valence-electron chi connectivity index (χ3n) is 2.50. The second-order valence-corrected chi connectivity index (χ2v) is 3.90. The van der Waals surface area contributed by atoms with Gasteiger partial charge in [-0.2, -0.15) is 0 Å². The number of nitrogens with two attached hydrogens (primary N) is 1. The topological polar surface area (TPSA) is 35.2 Å². The van der Waals surface area contributed by atoms with E-state index in [-0.39, 0.29) is 5.82 Å². The van der Waals surface area contributed by atoms with Gasteiger partial charge in [-0.15, -0.1) is 0 Å². The first-order chi connectivity index (χ1) is 7.69. The molecule has 0 aliphatic heterocycles. The normalized spacial score (nSPS) is 10.5. The van der Waals surface area contributed by atoms with Crippen LogP contribution in [0.5, 0.6) is 5.75 Å². The van der Waals surface area contributed by atoms with Gasteiger partial charge in [-0.05, 0) is 56.8 Å². The lowest BCUT2D eigenvalue weighted by atomic mass is 10.0. The molecule has 0 aliphatic rings. The Morgan fingerprint density at radius 1 is 1.31 bits per heavy atom. The lowest BCUT2D eigenvalue weighted by molar-refractivity contribution is 0.320. The molecule has 1 rings (SSSR count). The minimum atomic E-state index is -0.246. The van der Waals surface area contributed by atoms with Crippen LogP contribution < -0.4 is 10.5 Å². The molecular weight excluding hydrogens is 205 g/mol. The van der Waals surface area contributed by atoms with Crippen molar-refractivity contribution < 1.29 is 9.13 Å². The maximum Gasteiger partial charge on any atom is 0.167 e. The second-order valence-electron chi connectivity index (χ2n) is 3.90. The van der Waals surface area contributed by atoms with Gasteiger partial charge >= 0.3 is 0 Å². The zero-order valence-electron chi connectivity index (χ0n) is 10.1. The van der Waals surface area contributed by atoms with E-state index in [1.54, 1.807) is 13.0 Å². The number of halogens is 1. The Balaban J connectivity index is 2.77. The van der Waals surface area contributed by atoms with E-state index in [1.807, 2.05) is 13.0 Å². The van der Waals surface area contributed by atoms with E-state index in [0.717, 1.165) is 24.8 Å². The summed E-state index contributed by atoms with van der Waals surface area (Å²) in [6.45, 7) is 4.82. The predicted octanol–water partition coefficient (Wildman–Crippen LogP) is 2.81. The van der Waals surface area contributed by atoms with Gasteiger partial charge in [0.25, 0.3) is 0 Å². The maximum atomic E-state index is 13.6. The molecule has 0 heterocycles. The average Bonchev–Trinajstić information content (AvgIpc) is 2.26. The van der Waals surface area contributed by atoms with E-state index in [1.165, 1.54) is 0 Å². The number of ether oxygens (including phenoxy) is 1. The smallest absolute Gasteiger partial charge is 0.167 e. The summed E-state index contributed by atoms with van der Waals surface area (Å²) in [6.07, 6.45) is 2.96. The minimum Gasteiger partial charge on any atom is -0.491 e. The first kappa shape index (κ1) is 13.0. The van der Waals surface area contributed by atoms with Gasteiger partial charge in [0.15, 0.2) is 11.6 Å².